The highest BCUT2D eigenvalue weighted by Crippen LogP contribution is 2.25. The van der Waals surface area contributed by atoms with Gasteiger partial charge in [0.2, 0.25) is 10.0 Å². The molecular weight excluding hydrogens is 264 g/mol. The number of ether oxygens (including phenoxy) is 1. The zero-order valence-electron chi connectivity index (χ0n) is 11.3. The van der Waals surface area contributed by atoms with Gasteiger partial charge in [0.05, 0.1) is 18.1 Å². The summed E-state index contributed by atoms with van der Waals surface area (Å²) in [5, 5.41) is 0. The lowest BCUT2D eigenvalue weighted by Gasteiger charge is -2.32. The molecule has 0 radical (unpaired) electrons. The standard InChI is InChI=1S/C13H20N2O3S/c1-3-11-4-5-12(14)8-13(11)19(16,17)15-6-7-18-9-10(15)2/h4-5,8,10H,3,6-7,9,14H2,1-2H3. The van der Waals surface area contributed by atoms with Gasteiger partial charge in [0.25, 0.3) is 0 Å². The van der Waals surface area contributed by atoms with Crippen LogP contribution in [0.3, 0.4) is 0 Å². The number of rotatable bonds is 3. The molecule has 2 rings (SSSR count). The van der Waals surface area contributed by atoms with E-state index in [0.29, 0.717) is 36.8 Å². The second-order valence-electron chi connectivity index (χ2n) is 4.76. The summed E-state index contributed by atoms with van der Waals surface area (Å²) in [6, 6.07) is 4.93. The monoisotopic (exact) mass is 284 g/mol. The van der Waals surface area contributed by atoms with Crippen LogP contribution in [0.4, 0.5) is 5.69 Å². The zero-order chi connectivity index (χ0) is 14.0. The van der Waals surface area contributed by atoms with Crippen LogP contribution in [0.1, 0.15) is 19.4 Å². The van der Waals surface area contributed by atoms with Gasteiger partial charge in [-0.05, 0) is 31.0 Å². The van der Waals surface area contributed by atoms with E-state index in [1.54, 1.807) is 18.2 Å². The number of nitrogens with two attached hydrogens (primary N) is 1. The second kappa shape index (κ2) is 5.48. The maximum atomic E-state index is 12.7. The van der Waals surface area contributed by atoms with E-state index in [2.05, 4.69) is 0 Å². The third kappa shape index (κ3) is 2.75. The summed E-state index contributed by atoms with van der Waals surface area (Å²) in [5.41, 5.74) is 7.00. The lowest BCUT2D eigenvalue weighted by molar-refractivity contribution is 0.0392. The summed E-state index contributed by atoms with van der Waals surface area (Å²) < 4.78 is 32.3. The fraction of sp³-hybridized carbons (Fsp3) is 0.538. The van der Waals surface area contributed by atoms with Crippen molar-refractivity contribution in [2.75, 3.05) is 25.5 Å². The third-order valence-corrected chi connectivity index (χ3v) is 5.46. The molecule has 1 unspecified atom stereocenters. The molecule has 0 bridgehead atoms. The Hall–Kier alpha value is -1.11. The SMILES string of the molecule is CCc1ccc(N)cc1S(=O)(=O)N1CCOCC1C. The van der Waals surface area contributed by atoms with Crippen LogP contribution in [0, 0.1) is 0 Å². The predicted octanol–water partition coefficient (Wildman–Crippen LogP) is 1.24. The van der Waals surface area contributed by atoms with Gasteiger partial charge in [0, 0.05) is 18.3 Å². The molecule has 0 spiro atoms. The van der Waals surface area contributed by atoms with Crippen molar-refractivity contribution in [1.29, 1.82) is 0 Å². The minimum absolute atomic E-state index is 0.148. The van der Waals surface area contributed by atoms with Gasteiger partial charge < -0.3 is 10.5 Å². The summed E-state index contributed by atoms with van der Waals surface area (Å²) in [6.07, 6.45) is 0.660. The van der Waals surface area contributed by atoms with Gasteiger partial charge >= 0.3 is 0 Å². The molecule has 1 aliphatic rings. The Labute approximate surface area is 114 Å². The lowest BCUT2D eigenvalue weighted by Crippen LogP contribution is -2.47. The van der Waals surface area contributed by atoms with E-state index in [9.17, 15) is 8.42 Å². The molecule has 2 N–H and O–H groups in total. The van der Waals surface area contributed by atoms with Gasteiger partial charge in [0.1, 0.15) is 0 Å². The van der Waals surface area contributed by atoms with E-state index in [0.717, 1.165) is 5.56 Å². The summed E-state index contributed by atoms with van der Waals surface area (Å²) in [4.78, 5) is 0.323. The minimum Gasteiger partial charge on any atom is -0.399 e. The Bertz CT molecular complexity index is 557. The Morgan fingerprint density at radius 2 is 2.21 bits per heavy atom. The number of morpholine rings is 1. The average molecular weight is 284 g/mol. The van der Waals surface area contributed by atoms with Crippen LogP contribution in [0.25, 0.3) is 0 Å². The first-order valence-corrected chi connectivity index (χ1v) is 7.88. The lowest BCUT2D eigenvalue weighted by atomic mass is 10.1. The molecule has 0 amide bonds. The molecule has 1 fully saturated rings. The van der Waals surface area contributed by atoms with Crippen LogP contribution in [-0.4, -0.2) is 38.5 Å². The van der Waals surface area contributed by atoms with Crippen molar-refractivity contribution in [3.8, 4) is 0 Å². The summed E-state index contributed by atoms with van der Waals surface area (Å²) in [5.74, 6) is 0. The van der Waals surface area contributed by atoms with E-state index in [1.807, 2.05) is 13.8 Å². The minimum atomic E-state index is -3.50. The largest absolute Gasteiger partial charge is 0.399 e. The van der Waals surface area contributed by atoms with Crippen LogP contribution in [0.15, 0.2) is 23.1 Å². The molecule has 0 aromatic heterocycles. The van der Waals surface area contributed by atoms with E-state index < -0.39 is 10.0 Å². The average Bonchev–Trinajstić information content (AvgIpc) is 2.39. The van der Waals surface area contributed by atoms with Gasteiger partial charge in [0.15, 0.2) is 0 Å². The van der Waals surface area contributed by atoms with Crippen molar-refractivity contribution >= 4 is 15.7 Å². The summed E-state index contributed by atoms with van der Waals surface area (Å²) in [6.45, 7) is 5.06. The van der Waals surface area contributed by atoms with E-state index >= 15 is 0 Å². The Morgan fingerprint density at radius 3 is 2.84 bits per heavy atom. The quantitative estimate of drug-likeness (QED) is 0.848. The Balaban J connectivity index is 2.46. The van der Waals surface area contributed by atoms with Gasteiger partial charge in [-0.3, -0.25) is 0 Å². The normalized spacial score (nSPS) is 21.5. The number of nitrogen functional groups attached to an aromatic ring is 1. The number of hydrogen-bond acceptors (Lipinski definition) is 4. The van der Waals surface area contributed by atoms with E-state index in [1.165, 1.54) is 4.31 Å². The number of nitrogens with zero attached hydrogens (tertiary/aromatic N) is 1. The molecule has 5 nitrogen and oxygen atoms in total. The van der Waals surface area contributed by atoms with E-state index in [-0.39, 0.29) is 6.04 Å². The molecule has 1 aromatic carbocycles. The highest BCUT2D eigenvalue weighted by atomic mass is 32.2. The molecule has 1 aromatic rings. The third-order valence-electron chi connectivity index (χ3n) is 3.37. The molecule has 19 heavy (non-hydrogen) atoms. The first-order valence-electron chi connectivity index (χ1n) is 6.44. The van der Waals surface area contributed by atoms with Crippen LogP contribution in [-0.2, 0) is 21.2 Å². The molecule has 106 valence electrons. The maximum Gasteiger partial charge on any atom is 0.243 e. The smallest absolute Gasteiger partial charge is 0.243 e. The number of hydrogen-bond donors (Lipinski definition) is 1. The fourth-order valence-electron chi connectivity index (χ4n) is 2.30. The van der Waals surface area contributed by atoms with Gasteiger partial charge in [-0.1, -0.05) is 13.0 Å². The molecular formula is C13H20N2O3S. The van der Waals surface area contributed by atoms with Crippen molar-refractivity contribution in [2.45, 2.75) is 31.2 Å². The van der Waals surface area contributed by atoms with E-state index in [4.69, 9.17) is 10.5 Å². The highest BCUT2D eigenvalue weighted by Gasteiger charge is 2.32. The highest BCUT2D eigenvalue weighted by molar-refractivity contribution is 7.89. The van der Waals surface area contributed by atoms with Crippen molar-refractivity contribution in [2.24, 2.45) is 0 Å². The summed E-state index contributed by atoms with van der Waals surface area (Å²) >= 11 is 0. The van der Waals surface area contributed by atoms with Crippen LogP contribution in [0.5, 0.6) is 0 Å². The van der Waals surface area contributed by atoms with Crippen LogP contribution < -0.4 is 5.73 Å². The number of sulfonamides is 1. The molecule has 1 atom stereocenters. The number of aryl methyl sites for hydroxylation is 1. The zero-order valence-corrected chi connectivity index (χ0v) is 12.1. The first-order chi connectivity index (χ1) is 8.96. The first kappa shape index (κ1) is 14.3. The Morgan fingerprint density at radius 1 is 1.47 bits per heavy atom. The number of anilines is 1. The molecule has 1 aliphatic heterocycles. The summed E-state index contributed by atoms with van der Waals surface area (Å²) in [7, 11) is -3.50. The van der Waals surface area contributed by atoms with Crippen LogP contribution >= 0.6 is 0 Å². The maximum absolute atomic E-state index is 12.7. The molecule has 0 saturated carbocycles. The van der Waals surface area contributed by atoms with Crippen molar-refractivity contribution in [1.82, 2.24) is 4.31 Å². The van der Waals surface area contributed by atoms with Gasteiger partial charge in [-0.2, -0.15) is 4.31 Å². The molecule has 1 saturated heterocycles. The molecule has 0 aliphatic carbocycles. The topological polar surface area (TPSA) is 72.6 Å². The predicted molar refractivity (Wildman–Crippen MR) is 74.4 cm³/mol. The van der Waals surface area contributed by atoms with Crippen LogP contribution in [0.2, 0.25) is 0 Å². The van der Waals surface area contributed by atoms with Crippen molar-refractivity contribution in [3.63, 3.8) is 0 Å². The Kier molecular flexibility index (Phi) is 4.13. The van der Waals surface area contributed by atoms with Crippen molar-refractivity contribution in [3.05, 3.63) is 23.8 Å². The van der Waals surface area contributed by atoms with Gasteiger partial charge in [-0.25, -0.2) is 8.42 Å². The fourth-order valence-corrected chi connectivity index (χ4v) is 4.23. The molecule has 6 heteroatoms. The molecule has 1 heterocycles. The van der Waals surface area contributed by atoms with Gasteiger partial charge in [-0.15, -0.1) is 0 Å². The second-order valence-corrected chi connectivity index (χ2v) is 6.62. The number of benzene rings is 1. The van der Waals surface area contributed by atoms with Crippen molar-refractivity contribution < 1.29 is 13.2 Å².